The van der Waals surface area contributed by atoms with E-state index in [4.69, 9.17) is 21.3 Å². The van der Waals surface area contributed by atoms with E-state index in [1.54, 1.807) is 42.7 Å². The summed E-state index contributed by atoms with van der Waals surface area (Å²) in [6.07, 6.45) is 3.19. The molecule has 4 rings (SSSR count). The predicted octanol–water partition coefficient (Wildman–Crippen LogP) is 6.48. The van der Waals surface area contributed by atoms with E-state index in [0.29, 0.717) is 33.3 Å². The van der Waals surface area contributed by atoms with Gasteiger partial charge in [0.1, 0.15) is 11.4 Å². The largest absolute Gasteiger partial charge is 0.436 e. The van der Waals surface area contributed by atoms with Gasteiger partial charge in [0.15, 0.2) is 0 Å². The lowest BCUT2D eigenvalue weighted by Crippen LogP contribution is -2.28. The molecule has 0 bridgehead atoms. The maximum absolute atomic E-state index is 13.3. The fourth-order valence-electron chi connectivity index (χ4n) is 3.92. The van der Waals surface area contributed by atoms with Crippen LogP contribution in [0.25, 0.3) is 11.3 Å². The zero-order valence-corrected chi connectivity index (χ0v) is 21.6. The predicted molar refractivity (Wildman–Crippen MR) is 141 cm³/mol. The molecule has 0 atom stereocenters. The van der Waals surface area contributed by atoms with E-state index >= 15 is 0 Å². The van der Waals surface area contributed by atoms with Crippen molar-refractivity contribution in [2.45, 2.75) is 26.5 Å². The minimum Gasteiger partial charge on any atom is -0.436 e. The molecule has 2 aromatic heterocycles. The number of aryl methyl sites for hydroxylation is 3. The SMILES string of the molecule is Cc1cc(C)c(Oc2nc(-c3cncc(Cl)c3)ccc2N(C)S(=O)(=O)Cc2ccccc2)c(C)c1. The fraction of sp³-hybridized carbons (Fsp3) is 0.185. The van der Waals surface area contributed by atoms with Crippen LogP contribution in [-0.4, -0.2) is 25.4 Å². The summed E-state index contributed by atoms with van der Waals surface area (Å²) in [7, 11) is -2.20. The third-order valence-electron chi connectivity index (χ3n) is 5.59. The molecule has 4 aromatic rings. The second-order valence-corrected chi connectivity index (χ2v) is 10.9. The lowest BCUT2D eigenvalue weighted by Gasteiger charge is -2.23. The van der Waals surface area contributed by atoms with Crippen molar-refractivity contribution in [3.05, 3.63) is 100 Å². The highest BCUT2D eigenvalue weighted by Crippen LogP contribution is 2.37. The summed E-state index contributed by atoms with van der Waals surface area (Å²) in [5.41, 5.74) is 5.26. The monoisotopic (exact) mass is 507 g/mol. The number of hydrogen-bond acceptors (Lipinski definition) is 5. The van der Waals surface area contributed by atoms with Gasteiger partial charge in [-0.3, -0.25) is 9.29 Å². The minimum absolute atomic E-state index is 0.146. The summed E-state index contributed by atoms with van der Waals surface area (Å²) in [5, 5.41) is 0.476. The molecule has 35 heavy (non-hydrogen) atoms. The van der Waals surface area contributed by atoms with Gasteiger partial charge in [-0.2, -0.15) is 0 Å². The van der Waals surface area contributed by atoms with Crippen LogP contribution in [0.4, 0.5) is 5.69 Å². The summed E-state index contributed by atoms with van der Waals surface area (Å²) < 4.78 is 34.1. The molecular weight excluding hydrogens is 482 g/mol. The summed E-state index contributed by atoms with van der Waals surface area (Å²) in [6, 6.07) is 18.3. The average molecular weight is 508 g/mol. The Labute approximate surface area is 211 Å². The summed E-state index contributed by atoms with van der Waals surface area (Å²) in [6.45, 7) is 5.93. The van der Waals surface area contributed by atoms with Crippen LogP contribution in [0.1, 0.15) is 22.3 Å². The second kappa shape index (κ2) is 10.1. The van der Waals surface area contributed by atoms with Gasteiger partial charge in [-0.1, -0.05) is 59.6 Å². The Morgan fingerprint density at radius 1 is 0.943 bits per heavy atom. The number of halogens is 1. The van der Waals surface area contributed by atoms with Crippen molar-refractivity contribution in [1.82, 2.24) is 9.97 Å². The molecule has 0 radical (unpaired) electrons. The van der Waals surface area contributed by atoms with Crippen molar-refractivity contribution < 1.29 is 13.2 Å². The third-order valence-corrected chi connectivity index (χ3v) is 7.53. The number of aromatic nitrogens is 2. The smallest absolute Gasteiger partial charge is 0.244 e. The highest BCUT2D eigenvalue weighted by molar-refractivity contribution is 7.92. The molecule has 0 spiro atoms. The van der Waals surface area contributed by atoms with Crippen LogP contribution in [0.15, 0.2) is 73.1 Å². The van der Waals surface area contributed by atoms with Gasteiger partial charge < -0.3 is 4.74 Å². The second-order valence-electron chi connectivity index (χ2n) is 8.45. The maximum Gasteiger partial charge on any atom is 0.244 e. The van der Waals surface area contributed by atoms with E-state index in [0.717, 1.165) is 16.7 Å². The number of sulfonamides is 1. The fourth-order valence-corrected chi connectivity index (χ4v) is 5.34. The Bertz CT molecular complexity index is 1450. The lowest BCUT2D eigenvalue weighted by atomic mass is 10.1. The number of nitrogens with zero attached hydrogens (tertiary/aromatic N) is 3. The van der Waals surface area contributed by atoms with Gasteiger partial charge in [-0.05, 0) is 55.7 Å². The Kier molecular flexibility index (Phi) is 7.10. The number of rotatable bonds is 7. The maximum atomic E-state index is 13.3. The molecule has 0 aliphatic heterocycles. The quantitative estimate of drug-likeness (QED) is 0.286. The van der Waals surface area contributed by atoms with E-state index in [-0.39, 0.29) is 11.6 Å². The van der Waals surface area contributed by atoms with Gasteiger partial charge in [-0.15, -0.1) is 0 Å². The molecule has 8 heteroatoms. The van der Waals surface area contributed by atoms with Crippen molar-refractivity contribution in [2.75, 3.05) is 11.4 Å². The van der Waals surface area contributed by atoms with Crippen LogP contribution in [0.5, 0.6) is 11.6 Å². The molecular formula is C27H26ClN3O3S. The average Bonchev–Trinajstić information content (AvgIpc) is 2.81. The molecule has 0 N–H and O–H groups in total. The standard InChI is InChI=1S/C27H26ClN3O3S/c1-18-12-19(2)26(20(3)13-18)34-27-25(11-10-24(30-27)22-14-23(28)16-29-15-22)31(4)35(32,33)17-21-8-6-5-7-9-21/h5-16H,17H2,1-4H3. The van der Waals surface area contributed by atoms with Crippen LogP contribution in [0, 0.1) is 20.8 Å². The van der Waals surface area contributed by atoms with Crippen molar-refractivity contribution in [3.8, 4) is 22.9 Å². The molecule has 0 saturated heterocycles. The molecule has 0 aliphatic rings. The summed E-state index contributed by atoms with van der Waals surface area (Å²) in [4.78, 5) is 8.84. The van der Waals surface area contributed by atoms with E-state index < -0.39 is 10.0 Å². The van der Waals surface area contributed by atoms with Crippen LogP contribution < -0.4 is 9.04 Å². The molecule has 2 aromatic carbocycles. The molecule has 0 amide bonds. The number of anilines is 1. The summed E-state index contributed by atoms with van der Waals surface area (Å²) >= 11 is 6.13. The van der Waals surface area contributed by atoms with Gasteiger partial charge >= 0.3 is 0 Å². The van der Waals surface area contributed by atoms with Crippen molar-refractivity contribution in [3.63, 3.8) is 0 Å². The van der Waals surface area contributed by atoms with E-state index in [1.165, 1.54) is 11.4 Å². The Morgan fingerprint density at radius 3 is 2.29 bits per heavy atom. The number of hydrogen-bond donors (Lipinski definition) is 0. The normalized spacial score (nSPS) is 11.3. The number of benzene rings is 2. The molecule has 6 nitrogen and oxygen atoms in total. The summed E-state index contributed by atoms with van der Waals surface area (Å²) in [5.74, 6) is 0.669. The first kappa shape index (κ1) is 24.7. The van der Waals surface area contributed by atoms with Crippen molar-refractivity contribution in [1.29, 1.82) is 0 Å². The number of pyridine rings is 2. The van der Waals surface area contributed by atoms with Crippen LogP contribution in [0.2, 0.25) is 5.02 Å². The van der Waals surface area contributed by atoms with Crippen LogP contribution in [-0.2, 0) is 15.8 Å². The number of ether oxygens (including phenoxy) is 1. The van der Waals surface area contributed by atoms with Crippen LogP contribution >= 0.6 is 11.6 Å². The van der Waals surface area contributed by atoms with E-state index in [9.17, 15) is 8.42 Å². The minimum atomic E-state index is -3.71. The van der Waals surface area contributed by atoms with Gasteiger partial charge in [0, 0.05) is 25.0 Å². The third kappa shape index (κ3) is 5.63. The first-order valence-electron chi connectivity index (χ1n) is 11.0. The van der Waals surface area contributed by atoms with Gasteiger partial charge in [0.2, 0.25) is 15.9 Å². The zero-order valence-electron chi connectivity index (χ0n) is 20.0. The van der Waals surface area contributed by atoms with Gasteiger partial charge in [0.25, 0.3) is 0 Å². The molecule has 0 unspecified atom stereocenters. The Hall–Kier alpha value is -3.42. The van der Waals surface area contributed by atoms with E-state index in [1.807, 2.05) is 51.1 Å². The molecule has 0 saturated carbocycles. The van der Waals surface area contributed by atoms with Crippen molar-refractivity contribution in [2.24, 2.45) is 0 Å². The molecule has 0 fully saturated rings. The Balaban J connectivity index is 1.80. The van der Waals surface area contributed by atoms with Crippen molar-refractivity contribution >= 4 is 27.3 Å². The first-order valence-corrected chi connectivity index (χ1v) is 13.0. The highest BCUT2D eigenvalue weighted by Gasteiger charge is 2.24. The highest BCUT2D eigenvalue weighted by atomic mass is 35.5. The van der Waals surface area contributed by atoms with Gasteiger partial charge in [-0.25, -0.2) is 13.4 Å². The molecule has 2 heterocycles. The van der Waals surface area contributed by atoms with Gasteiger partial charge in [0.05, 0.1) is 16.5 Å². The topological polar surface area (TPSA) is 72.4 Å². The molecule has 0 aliphatic carbocycles. The lowest BCUT2D eigenvalue weighted by molar-refractivity contribution is 0.457. The van der Waals surface area contributed by atoms with Crippen LogP contribution in [0.3, 0.4) is 0 Å². The zero-order chi connectivity index (χ0) is 25.2. The molecule has 180 valence electrons. The first-order chi connectivity index (χ1) is 16.6. The van der Waals surface area contributed by atoms with E-state index in [2.05, 4.69) is 4.98 Å². The Morgan fingerprint density at radius 2 is 1.63 bits per heavy atom.